The molecule has 2 bridgehead atoms. The Labute approximate surface area is 92.7 Å². The number of carbonyl (C=O) groups excluding carboxylic acids is 1. The molecule has 0 fully saturated rings. The molecule has 1 aliphatic heterocycles. The van der Waals surface area contributed by atoms with Gasteiger partial charge in [-0.1, -0.05) is 12.2 Å². The number of amides is 2. The maximum Gasteiger partial charge on any atom is 0.341 e. The number of thioether (sulfide) groups is 1. The van der Waals surface area contributed by atoms with Crippen molar-refractivity contribution in [3.8, 4) is 0 Å². The molecule has 1 heterocycles. The number of fused-ring (bicyclic) bond motifs is 2. The molecule has 2 aliphatic rings. The normalized spacial score (nSPS) is 24.1. The second-order valence-corrected chi connectivity index (χ2v) is 4.57. The number of hydrogen-bond acceptors (Lipinski definition) is 3. The zero-order valence-corrected chi connectivity index (χ0v) is 9.09. The molecule has 0 saturated heterocycles. The third-order valence-corrected chi connectivity index (χ3v) is 3.20. The van der Waals surface area contributed by atoms with Gasteiger partial charge >= 0.3 is 6.03 Å². The molecule has 0 aromatic heterocycles. The van der Waals surface area contributed by atoms with E-state index in [0.717, 1.165) is 22.8 Å². The second-order valence-electron chi connectivity index (χ2n) is 3.41. The van der Waals surface area contributed by atoms with Gasteiger partial charge in [0.2, 0.25) is 0 Å². The zero-order chi connectivity index (χ0) is 10.7. The number of urea groups is 1. The Morgan fingerprint density at radius 3 is 3.33 bits per heavy atom. The van der Waals surface area contributed by atoms with E-state index in [4.69, 9.17) is 5.73 Å². The van der Waals surface area contributed by atoms with E-state index in [9.17, 15) is 4.79 Å². The third-order valence-electron chi connectivity index (χ3n) is 2.17. The van der Waals surface area contributed by atoms with Gasteiger partial charge in [0.25, 0.3) is 0 Å². The molecule has 0 radical (unpaired) electrons. The fourth-order valence-electron chi connectivity index (χ4n) is 1.54. The standard InChI is InChI=1S/C10H13N3OS/c11-3-4-15-9-2-1-7-5-8(6-9)13-10(14)12-7/h1-2,6-7H,3-5,11H2,(H,12,14). The van der Waals surface area contributed by atoms with E-state index < -0.39 is 0 Å². The molecule has 1 atom stereocenters. The first-order valence-corrected chi connectivity index (χ1v) is 5.87. The lowest BCUT2D eigenvalue weighted by Crippen LogP contribution is -2.37. The molecular formula is C10H13N3OS. The van der Waals surface area contributed by atoms with Crippen LogP contribution in [0.3, 0.4) is 0 Å². The van der Waals surface area contributed by atoms with E-state index in [1.165, 1.54) is 0 Å². The number of carbonyl (C=O) groups is 1. The zero-order valence-electron chi connectivity index (χ0n) is 8.27. The van der Waals surface area contributed by atoms with Gasteiger partial charge in [-0.05, 0) is 6.08 Å². The fraction of sp³-hybridized carbons (Fsp3) is 0.400. The number of nitrogens with one attached hydrogen (secondary N) is 1. The highest BCUT2D eigenvalue weighted by atomic mass is 32.2. The minimum Gasteiger partial charge on any atom is -0.330 e. The number of nitrogens with two attached hydrogens (primary N) is 1. The summed E-state index contributed by atoms with van der Waals surface area (Å²) in [6.07, 6.45) is 6.79. The topological polar surface area (TPSA) is 67.5 Å². The molecular weight excluding hydrogens is 210 g/mol. The number of hydrogen-bond donors (Lipinski definition) is 2. The van der Waals surface area contributed by atoms with E-state index in [2.05, 4.69) is 10.3 Å². The van der Waals surface area contributed by atoms with Crippen molar-refractivity contribution in [3.05, 3.63) is 23.1 Å². The molecule has 2 rings (SSSR count). The molecule has 0 spiro atoms. The van der Waals surface area contributed by atoms with Gasteiger partial charge in [0.15, 0.2) is 0 Å². The molecule has 0 saturated carbocycles. The van der Waals surface area contributed by atoms with E-state index >= 15 is 0 Å². The van der Waals surface area contributed by atoms with Crippen LogP contribution in [0.1, 0.15) is 6.42 Å². The lowest BCUT2D eigenvalue weighted by atomic mass is 10.1. The molecule has 0 aromatic carbocycles. The van der Waals surface area contributed by atoms with Crippen LogP contribution in [0.25, 0.3) is 0 Å². The van der Waals surface area contributed by atoms with Crippen LogP contribution < -0.4 is 11.1 Å². The summed E-state index contributed by atoms with van der Waals surface area (Å²) in [7, 11) is 0. The summed E-state index contributed by atoms with van der Waals surface area (Å²) in [5.74, 6) is 0.884. The molecule has 1 unspecified atom stereocenters. The van der Waals surface area contributed by atoms with Gasteiger partial charge in [0.05, 0.1) is 6.04 Å². The summed E-state index contributed by atoms with van der Waals surface area (Å²) in [5.41, 5.74) is 6.30. The van der Waals surface area contributed by atoms with Crippen molar-refractivity contribution >= 4 is 23.5 Å². The van der Waals surface area contributed by atoms with Crippen LogP contribution in [0.5, 0.6) is 0 Å². The monoisotopic (exact) mass is 223 g/mol. The van der Waals surface area contributed by atoms with Gasteiger partial charge in [0, 0.05) is 29.3 Å². The fourth-order valence-corrected chi connectivity index (χ4v) is 2.29. The average molecular weight is 223 g/mol. The van der Waals surface area contributed by atoms with Crippen molar-refractivity contribution in [2.45, 2.75) is 12.5 Å². The summed E-state index contributed by atoms with van der Waals surface area (Å²) < 4.78 is 0. The van der Waals surface area contributed by atoms with E-state index in [0.29, 0.717) is 6.54 Å². The van der Waals surface area contributed by atoms with Crippen LogP contribution in [0, 0.1) is 0 Å². The number of aliphatic imine (C=N–C) groups is 1. The highest BCUT2D eigenvalue weighted by Gasteiger charge is 2.19. The third kappa shape index (κ3) is 2.70. The van der Waals surface area contributed by atoms with Gasteiger partial charge < -0.3 is 11.1 Å². The van der Waals surface area contributed by atoms with Crippen molar-refractivity contribution in [2.75, 3.05) is 12.3 Å². The Hall–Kier alpha value is -1.07. The highest BCUT2D eigenvalue weighted by Crippen LogP contribution is 2.22. The molecule has 3 N–H and O–H groups in total. The quantitative estimate of drug-likeness (QED) is 0.751. The summed E-state index contributed by atoms with van der Waals surface area (Å²) in [6.45, 7) is 0.656. The van der Waals surface area contributed by atoms with Crippen LogP contribution in [0.2, 0.25) is 0 Å². The van der Waals surface area contributed by atoms with Crippen molar-refractivity contribution in [2.24, 2.45) is 10.7 Å². The number of nitrogens with zero attached hydrogens (tertiary/aromatic N) is 1. The summed E-state index contributed by atoms with van der Waals surface area (Å²) in [6, 6.07) is -0.149. The Balaban J connectivity index is 2.16. The molecule has 0 aromatic rings. The van der Waals surface area contributed by atoms with Crippen molar-refractivity contribution in [3.63, 3.8) is 0 Å². The van der Waals surface area contributed by atoms with Crippen LogP contribution in [-0.4, -0.2) is 30.1 Å². The Bertz CT molecular complexity index is 360. The van der Waals surface area contributed by atoms with Crippen LogP contribution in [0.15, 0.2) is 28.1 Å². The molecule has 80 valence electrons. The van der Waals surface area contributed by atoms with Crippen LogP contribution in [-0.2, 0) is 0 Å². The smallest absolute Gasteiger partial charge is 0.330 e. The lowest BCUT2D eigenvalue weighted by Gasteiger charge is -2.16. The predicted molar refractivity (Wildman–Crippen MR) is 63.1 cm³/mol. The Kier molecular flexibility index (Phi) is 3.23. The highest BCUT2D eigenvalue weighted by molar-refractivity contribution is 8.03. The van der Waals surface area contributed by atoms with E-state index in [-0.39, 0.29) is 12.1 Å². The van der Waals surface area contributed by atoms with Crippen LogP contribution in [0.4, 0.5) is 4.79 Å². The van der Waals surface area contributed by atoms with Crippen molar-refractivity contribution in [1.82, 2.24) is 5.32 Å². The largest absolute Gasteiger partial charge is 0.341 e. The number of rotatable bonds is 3. The number of allylic oxidation sites excluding steroid dienone is 2. The van der Waals surface area contributed by atoms with Crippen LogP contribution >= 0.6 is 11.8 Å². The minimum absolute atomic E-state index is 0.0947. The van der Waals surface area contributed by atoms with Crippen molar-refractivity contribution < 1.29 is 4.79 Å². The van der Waals surface area contributed by atoms with Gasteiger partial charge in [0.1, 0.15) is 0 Å². The predicted octanol–water partition coefficient (Wildman–Crippen LogP) is 1.05. The first kappa shape index (κ1) is 10.4. The van der Waals surface area contributed by atoms with Gasteiger partial charge in [-0.25, -0.2) is 4.79 Å². The molecule has 2 amide bonds. The first-order valence-electron chi connectivity index (χ1n) is 4.89. The van der Waals surface area contributed by atoms with Gasteiger partial charge in [-0.15, -0.1) is 11.8 Å². The molecule has 15 heavy (non-hydrogen) atoms. The van der Waals surface area contributed by atoms with E-state index in [1.54, 1.807) is 11.8 Å². The molecule has 4 nitrogen and oxygen atoms in total. The maximum atomic E-state index is 11.2. The van der Waals surface area contributed by atoms with Gasteiger partial charge in [-0.3, -0.25) is 0 Å². The Morgan fingerprint density at radius 1 is 1.67 bits per heavy atom. The first-order chi connectivity index (χ1) is 7.28. The van der Waals surface area contributed by atoms with Crippen molar-refractivity contribution in [1.29, 1.82) is 0 Å². The Morgan fingerprint density at radius 2 is 2.53 bits per heavy atom. The molecule has 5 heteroatoms. The van der Waals surface area contributed by atoms with E-state index in [1.807, 2.05) is 18.2 Å². The lowest BCUT2D eigenvalue weighted by molar-refractivity contribution is 0.246. The maximum absolute atomic E-state index is 11.2. The second kappa shape index (κ2) is 4.63. The summed E-state index contributed by atoms with van der Waals surface area (Å²) >= 11 is 1.69. The summed E-state index contributed by atoms with van der Waals surface area (Å²) in [4.78, 5) is 16.2. The summed E-state index contributed by atoms with van der Waals surface area (Å²) in [5, 5.41) is 2.78. The molecule has 1 aliphatic carbocycles. The van der Waals surface area contributed by atoms with Gasteiger partial charge in [-0.2, -0.15) is 4.99 Å². The average Bonchev–Trinajstić information content (AvgIpc) is 2.34. The minimum atomic E-state index is -0.243. The SMILES string of the molecule is NCCSC1=CC2=NC(=O)NC(C=C1)C2.